The second kappa shape index (κ2) is 7.49. The summed E-state index contributed by atoms with van der Waals surface area (Å²) in [6.45, 7) is 3.97. The Labute approximate surface area is 141 Å². The number of hydrogen-bond donors (Lipinski definition) is 1. The van der Waals surface area contributed by atoms with E-state index in [1.54, 1.807) is 6.07 Å². The normalized spacial score (nSPS) is 16.1. The molecule has 0 unspecified atom stereocenters. The predicted molar refractivity (Wildman–Crippen MR) is 91.2 cm³/mol. The zero-order valence-corrected chi connectivity index (χ0v) is 14.1. The molecule has 2 heterocycles. The molecule has 0 bridgehead atoms. The standard InChI is InChI=1S/C18H23N3O3/c1-13-11-17(24-20-13)12-18(22)19-14-3-5-15(6-4-14)23-16-7-9-21(2)10-8-16/h3-6,11,16H,7-10,12H2,1-2H3,(H,19,22). The average molecular weight is 329 g/mol. The highest BCUT2D eigenvalue weighted by Gasteiger charge is 2.18. The Hall–Kier alpha value is -2.34. The van der Waals surface area contributed by atoms with Gasteiger partial charge >= 0.3 is 0 Å². The van der Waals surface area contributed by atoms with Crippen molar-refractivity contribution in [3.05, 3.63) is 41.8 Å². The van der Waals surface area contributed by atoms with Gasteiger partial charge in [-0.2, -0.15) is 0 Å². The lowest BCUT2D eigenvalue weighted by molar-refractivity contribution is -0.115. The van der Waals surface area contributed by atoms with Crippen LogP contribution in [-0.4, -0.2) is 42.2 Å². The summed E-state index contributed by atoms with van der Waals surface area (Å²) < 4.78 is 11.0. The van der Waals surface area contributed by atoms with Crippen LogP contribution in [0, 0.1) is 6.92 Å². The van der Waals surface area contributed by atoms with Gasteiger partial charge in [0.1, 0.15) is 17.6 Å². The molecule has 24 heavy (non-hydrogen) atoms. The first-order valence-corrected chi connectivity index (χ1v) is 8.26. The molecule has 1 fully saturated rings. The minimum atomic E-state index is -0.130. The molecule has 1 amide bonds. The number of carbonyl (C=O) groups excluding carboxylic acids is 1. The fourth-order valence-electron chi connectivity index (χ4n) is 2.78. The van der Waals surface area contributed by atoms with E-state index in [0.717, 1.165) is 43.1 Å². The Morgan fingerprint density at radius 1 is 1.33 bits per heavy atom. The number of likely N-dealkylation sites (tertiary alicyclic amines) is 1. The van der Waals surface area contributed by atoms with E-state index in [9.17, 15) is 4.79 Å². The summed E-state index contributed by atoms with van der Waals surface area (Å²) in [6.07, 6.45) is 2.54. The van der Waals surface area contributed by atoms with E-state index < -0.39 is 0 Å². The third-order valence-electron chi connectivity index (χ3n) is 4.12. The van der Waals surface area contributed by atoms with E-state index in [4.69, 9.17) is 9.26 Å². The second-order valence-electron chi connectivity index (χ2n) is 6.30. The van der Waals surface area contributed by atoms with Crippen molar-refractivity contribution in [2.45, 2.75) is 32.3 Å². The number of ether oxygens (including phenoxy) is 1. The zero-order valence-electron chi connectivity index (χ0n) is 14.1. The van der Waals surface area contributed by atoms with Gasteiger partial charge in [-0.15, -0.1) is 0 Å². The maximum atomic E-state index is 12.0. The summed E-state index contributed by atoms with van der Waals surface area (Å²) in [4.78, 5) is 14.3. The van der Waals surface area contributed by atoms with Gasteiger partial charge in [0, 0.05) is 24.8 Å². The smallest absolute Gasteiger partial charge is 0.232 e. The van der Waals surface area contributed by atoms with Gasteiger partial charge in [0.05, 0.1) is 12.1 Å². The quantitative estimate of drug-likeness (QED) is 0.913. The Morgan fingerprint density at radius 2 is 2.04 bits per heavy atom. The van der Waals surface area contributed by atoms with Crippen molar-refractivity contribution in [3.63, 3.8) is 0 Å². The molecule has 128 valence electrons. The van der Waals surface area contributed by atoms with Crippen molar-refractivity contribution in [2.24, 2.45) is 0 Å². The summed E-state index contributed by atoms with van der Waals surface area (Å²) in [5.41, 5.74) is 1.51. The van der Waals surface area contributed by atoms with Gasteiger partial charge < -0.3 is 19.5 Å². The van der Waals surface area contributed by atoms with Crippen LogP contribution >= 0.6 is 0 Å². The number of aryl methyl sites for hydroxylation is 1. The first-order valence-electron chi connectivity index (χ1n) is 8.26. The Morgan fingerprint density at radius 3 is 2.67 bits per heavy atom. The predicted octanol–water partition coefficient (Wildman–Crippen LogP) is 2.64. The van der Waals surface area contributed by atoms with Crippen LogP contribution in [0.2, 0.25) is 0 Å². The highest BCUT2D eigenvalue weighted by Crippen LogP contribution is 2.21. The van der Waals surface area contributed by atoms with E-state index in [1.807, 2.05) is 31.2 Å². The summed E-state index contributed by atoms with van der Waals surface area (Å²) in [5.74, 6) is 1.27. The average Bonchev–Trinajstić information content (AvgIpc) is 2.96. The van der Waals surface area contributed by atoms with Crippen molar-refractivity contribution in [2.75, 3.05) is 25.5 Å². The fourth-order valence-corrected chi connectivity index (χ4v) is 2.78. The van der Waals surface area contributed by atoms with Crippen molar-refractivity contribution in [1.29, 1.82) is 0 Å². The molecule has 1 N–H and O–H groups in total. The SMILES string of the molecule is Cc1cc(CC(=O)Nc2ccc(OC3CCN(C)CC3)cc2)on1. The molecule has 0 aliphatic carbocycles. The number of amides is 1. The van der Waals surface area contributed by atoms with E-state index >= 15 is 0 Å². The molecular weight excluding hydrogens is 306 g/mol. The highest BCUT2D eigenvalue weighted by molar-refractivity contribution is 5.91. The molecule has 0 saturated carbocycles. The van der Waals surface area contributed by atoms with Gasteiger partial charge in [-0.05, 0) is 51.1 Å². The lowest BCUT2D eigenvalue weighted by Crippen LogP contribution is -2.35. The van der Waals surface area contributed by atoms with Crippen LogP contribution in [0.5, 0.6) is 5.75 Å². The number of anilines is 1. The molecule has 1 aromatic heterocycles. The van der Waals surface area contributed by atoms with Gasteiger partial charge in [-0.25, -0.2) is 0 Å². The van der Waals surface area contributed by atoms with E-state index in [1.165, 1.54) is 0 Å². The van der Waals surface area contributed by atoms with E-state index in [-0.39, 0.29) is 18.4 Å². The maximum absolute atomic E-state index is 12.0. The van der Waals surface area contributed by atoms with Crippen molar-refractivity contribution in [3.8, 4) is 5.75 Å². The third-order valence-corrected chi connectivity index (χ3v) is 4.12. The molecule has 0 spiro atoms. The molecule has 0 atom stereocenters. The molecule has 1 aromatic carbocycles. The molecule has 1 aliphatic rings. The van der Waals surface area contributed by atoms with Gasteiger partial charge in [0.2, 0.25) is 5.91 Å². The number of aromatic nitrogens is 1. The van der Waals surface area contributed by atoms with Gasteiger partial charge in [0.15, 0.2) is 0 Å². The minimum absolute atomic E-state index is 0.130. The van der Waals surface area contributed by atoms with Crippen molar-refractivity contribution >= 4 is 11.6 Å². The van der Waals surface area contributed by atoms with Crippen LogP contribution in [0.1, 0.15) is 24.3 Å². The maximum Gasteiger partial charge on any atom is 0.232 e. The lowest BCUT2D eigenvalue weighted by atomic mass is 10.1. The number of hydrogen-bond acceptors (Lipinski definition) is 5. The topological polar surface area (TPSA) is 67.6 Å². The molecule has 3 rings (SSSR count). The van der Waals surface area contributed by atoms with Crippen LogP contribution in [0.3, 0.4) is 0 Å². The summed E-state index contributed by atoms with van der Waals surface area (Å²) >= 11 is 0. The van der Waals surface area contributed by atoms with Gasteiger partial charge in [0.25, 0.3) is 0 Å². The summed E-state index contributed by atoms with van der Waals surface area (Å²) in [5, 5.41) is 6.62. The first-order chi connectivity index (χ1) is 11.6. The van der Waals surface area contributed by atoms with Gasteiger partial charge in [-0.1, -0.05) is 5.16 Å². The van der Waals surface area contributed by atoms with Crippen LogP contribution in [-0.2, 0) is 11.2 Å². The molecule has 1 aliphatic heterocycles. The van der Waals surface area contributed by atoms with Crippen molar-refractivity contribution in [1.82, 2.24) is 10.1 Å². The fraction of sp³-hybridized carbons (Fsp3) is 0.444. The Balaban J connectivity index is 1.49. The largest absolute Gasteiger partial charge is 0.490 e. The Bertz CT molecular complexity index is 673. The molecule has 6 nitrogen and oxygen atoms in total. The van der Waals surface area contributed by atoms with Crippen LogP contribution < -0.4 is 10.1 Å². The van der Waals surface area contributed by atoms with E-state index in [0.29, 0.717) is 5.76 Å². The molecule has 1 saturated heterocycles. The molecular formula is C18H23N3O3. The summed E-state index contributed by atoms with van der Waals surface area (Å²) in [7, 11) is 2.13. The lowest BCUT2D eigenvalue weighted by Gasteiger charge is -2.29. The number of piperidine rings is 1. The summed E-state index contributed by atoms with van der Waals surface area (Å²) in [6, 6.07) is 9.26. The number of carbonyl (C=O) groups is 1. The monoisotopic (exact) mass is 329 g/mol. The minimum Gasteiger partial charge on any atom is -0.490 e. The number of rotatable bonds is 5. The molecule has 6 heteroatoms. The van der Waals surface area contributed by atoms with Crippen LogP contribution in [0.15, 0.2) is 34.9 Å². The van der Waals surface area contributed by atoms with Crippen LogP contribution in [0.4, 0.5) is 5.69 Å². The Kier molecular flexibility index (Phi) is 5.15. The first kappa shape index (κ1) is 16.5. The third kappa shape index (κ3) is 4.58. The molecule has 2 aromatic rings. The van der Waals surface area contributed by atoms with E-state index in [2.05, 4.69) is 22.4 Å². The molecule has 0 radical (unpaired) electrons. The zero-order chi connectivity index (χ0) is 16.9. The number of nitrogens with one attached hydrogen (secondary N) is 1. The second-order valence-corrected chi connectivity index (χ2v) is 6.30. The highest BCUT2D eigenvalue weighted by atomic mass is 16.5. The van der Waals surface area contributed by atoms with Crippen LogP contribution in [0.25, 0.3) is 0 Å². The van der Waals surface area contributed by atoms with Gasteiger partial charge in [-0.3, -0.25) is 4.79 Å². The van der Waals surface area contributed by atoms with Crippen molar-refractivity contribution < 1.29 is 14.1 Å². The number of benzene rings is 1. The number of nitrogens with zero attached hydrogens (tertiary/aromatic N) is 2.